The quantitative estimate of drug-likeness (QED) is 0.862. The average molecular weight is 265 g/mol. The lowest BCUT2D eigenvalue weighted by atomic mass is 9.89. The van der Waals surface area contributed by atoms with Gasteiger partial charge in [-0.15, -0.1) is 11.3 Å². The summed E-state index contributed by atoms with van der Waals surface area (Å²) in [5.74, 6) is 0.381. The molecule has 5 heteroatoms. The van der Waals surface area contributed by atoms with Crippen LogP contribution in [0, 0.1) is 5.92 Å². The minimum atomic E-state index is 0.175. The highest BCUT2D eigenvalue weighted by atomic mass is 32.1. The summed E-state index contributed by atoms with van der Waals surface area (Å²) in [5.41, 5.74) is 1.16. The van der Waals surface area contributed by atoms with Crippen LogP contribution >= 0.6 is 11.3 Å². The van der Waals surface area contributed by atoms with Crippen LogP contribution in [-0.2, 0) is 17.8 Å². The Hall–Kier alpha value is -0.940. The van der Waals surface area contributed by atoms with Crippen LogP contribution in [0.15, 0.2) is 0 Å². The number of thiazole rings is 1. The number of carbonyl (C=O) groups is 1. The third-order valence-corrected chi connectivity index (χ3v) is 4.82. The molecule has 0 atom stereocenters. The molecule has 18 heavy (non-hydrogen) atoms. The van der Waals surface area contributed by atoms with Gasteiger partial charge in [-0.05, 0) is 12.8 Å². The van der Waals surface area contributed by atoms with Gasteiger partial charge in [0, 0.05) is 30.3 Å². The van der Waals surface area contributed by atoms with Crippen molar-refractivity contribution in [3.05, 3.63) is 10.6 Å². The van der Waals surface area contributed by atoms with Gasteiger partial charge in [-0.1, -0.05) is 19.3 Å². The number of hydrogen-bond donors (Lipinski definition) is 2. The van der Waals surface area contributed by atoms with Crippen LogP contribution in [0.1, 0.15) is 42.7 Å². The second-order valence-corrected chi connectivity index (χ2v) is 6.22. The maximum atomic E-state index is 12.1. The Labute approximate surface area is 111 Å². The van der Waals surface area contributed by atoms with Gasteiger partial charge in [0.1, 0.15) is 0 Å². The minimum Gasteiger partial charge on any atom is -0.311 e. The summed E-state index contributed by atoms with van der Waals surface area (Å²) in [5, 5.41) is 7.13. The largest absolute Gasteiger partial charge is 0.311 e. The first-order valence-corrected chi connectivity index (χ1v) is 7.65. The minimum absolute atomic E-state index is 0.175. The van der Waals surface area contributed by atoms with Gasteiger partial charge in [-0.25, -0.2) is 4.98 Å². The average Bonchev–Trinajstić information content (AvgIpc) is 2.82. The number of fused-ring (bicyclic) bond motifs is 1. The zero-order chi connectivity index (χ0) is 12.4. The SMILES string of the molecule is O=C(Nc1nc2c(s1)CNCC2)C1CCCCC1. The van der Waals surface area contributed by atoms with Crippen molar-refractivity contribution in [1.82, 2.24) is 10.3 Å². The maximum absolute atomic E-state index is 12.1. The summed E-state index contributed by atoms with van der Waals surface area (Å²) in [6.45, 7) is 1.89. The van der Waals surface area contributed by atoms with Crippen LogP contribution in [-0.4, -0.2) is 17.4 Å². The van der Waals surface area contributed by atoms with Gasteiger partial charge < -0.3 is 10.6 Å². The Morgan fingerprint density at radius 3 is 2.94 bits per heavy atom. The van der Waals surface area contributed by atoms with Crippen LogP contribution in [0.2, 0.25) is 0 Å². The number of anilines is 1. The summed E-state index contributed by atoms with van der Waals surface area (Å²) in [6, 6.07) is 0. The van der Waals surface area contributed by atoms with E-state index in [1.54, 1.807) is 11.3 Å². The monoisotopic (exact) mass is 265 g/mol. The van der Waals surface area contributed by atoms with E-state index in [9.17, 15) is 4.79 Å². The molecular formula is C13H19N3OS. The number of amides is 1. The van der Waals surface area contributed by atoms with Crippen molar-refractivity contribution in [1.29, 1.82) is 0 Å². The molecule has 3 rings (SSSR count). The van der Waals surface area contributed by atoms with Gasteiger partial charge in [-0.2, -0.15) is 0 Å². The van der Waals surface area contributed by atoms with Gasteiger partial charge in [0.2, 0.25) is 5.91 Å². The maximum Gasteiger partial charge on any atom is 0.229 e. The normalized spacial score (nSPS) is 20.4. The first-order chi connectivity index (χ1) is 8.83. The summed E-state index contributed by atoms with van der Waals surface area (Å²) in [4.78, 5) is 17.9. The molecule has 4 nitrogen and oxygen atoms in total. The fraction of sp³-hybridized carbons (Fsp3) is 0.692. The molecule has 0 spiro atoms. The standard InChI is InChI=1S/C13H19N3OS/c17-12(9-4-2-1-3-5-9)16-13-15-10-6-7-14-8-11(10)18-13/h9,14H,1-8H2,(H,15,16,17). The van der Waals surface area contributed by atoms with Gasteiger partial charge in [0.05, 0.1) is 5.69 Å². The van der Waals surface area contributed by atoms with Gasteiger partial charge in [-0.3, -0.25) is 4.79 Å². The van der Waals surface area contributed by atoms with E-state index in [0.29, 0.717) is 0 Å². The van der Waals surface area contributed by atoms with E-state index < -0.39 is 0 Å². The van der Waals surface area contributed by atoms with E-state index >= 15 is 0 Å². The second-order valence-electron chi connectivity index (χ2n) is 5.14. The molecule has 2 heterocycles. The Balaban J connectivity index is 1.64. The highest BCUT2D eigenvalue weighted by molar-refractivity contribution is 7.15. The first kappa shape index (κ1) is 12.1. The molecular weight excluding hydrogens is 246 g/mol. The summed E-state index contributed by atoms with van der Waals surface area (Å²) in [7, 11) is 0. The van der Waals surface area contributed by atoms with Gasteiger partial charge in [0.15, 0.2) is 5.13 Å². The molecule has 98 valence electrons. The van der Waals surface area contributed by atoms with E-state index in [-0.39, 0.29) is 11.8 Å². The molecule has 1 aromatic rings. The lowest BCUT2D eigenvalue weighted by Crippen LogP contribution is -2.24. The van der Waals surface area contributed by atoms with Crippen molar-refractivity contribution in [2.75, 3.05) is 11.9 Å². The van der Waals surface area contributed by atoms with E-state index in [1.807, 2.05) is 0 Å². The highest BCUT2D eigenvalue weighted by Crippen LogP contribution is 2.28. The Morgan fingerprint density at radius 2 is 2.17 bits per heavy atom. The molecule has 0 aromatic carbocycles. The molecule has 1 aromatic heterocycles. The summed E-state index contributed by atoms with van der Waals surface area (Å²) >= 11 is 1.62. The molecule has 2 N–H and O–H groups in total. The van der Waals surface area contributed by atoms with Crippen molar-refractivity contribution in [2.24, 2.45) is 5.92 Å². The molecule has 0 saturated heterocycles. The predicted molar refractivity (Wildman–Crippen MR) is 72.7 cm³/mol. The number of aromatic nitrogens is 1. The van der Waals surface area contributed by atoms with Crippen molar-refractivity contribution in [2.45, 2.75) is 45.1 Å². The smallest absolute Gasteiger partial charge is 0.229 e. The first-order valence-electron chi connectivity index (χ1n) is 6.83. The zero-order valence-electron chi connectivity index (χ0n) is 10.5. The van der Waals surface area contributed by atoms with Crippen molar-refractivity contribution < 1.29 is 4.79 Å². The van der Waals surface area contributed by atoms with Crippen molar-refractivity contribution in [3.63, 3.8) is 0 Å². The molecule has 1 fully saturated rings. The number of rotatable bonds is 2. The molecule has 1 amide bonds. The molecule has 0 unspecified atom stereocenters. The molecule has 0 bridgehead atoms. The van der Waals surface area contributed by atoms with Crippen molar-refractivity contribution in [3.8, 4) is 0 Å². The number of hydrogen-bond acceptors (Lipinski definition) is 4. The summed E-state index contributed by atoms with van der Waals surface area (Å²) in [6.07, 6.45) is 6.72. The Morgan fingerprint density at radius 1 is 1.33 bits per heavy atom. The molecule has 1 saturated carbocycles. The predicted octanol–water partition coefficient (Wildman–Crippen LogP) is 2.31. The number of nitrogens with zero attached hydrogens (tertiary/aromatic N) is 1. The van der Waals surface area contributed by atoms with E-state index in [4.69, 9.17) is 0 Å². The fourth-order valence-corrected chi connectivity index (χ4v) is 3.73. The van der Waals surface area contributed by atoms with Crippen LogP contribution in [0.3, 0.4) is 0 Å². The lowest BCUT2D eigenvalue weighted by Gasteiger charge is -2.19. The highest BCUT2D eigenvalue weighted by Gasteiger charge is 2.23. The molecule has 1 aliphatic carbocycles. The molecule has 0 radical (unpaired) electrons. The summed E-state index contributed by atoms with van der Waals surface area (Å²) < 4.78 is 0. The van der Waals surface area contributed by atoms with E-state index in [2.05, 4.69) is 15.6 Å². The third kappa shape index (κ3) is 2.57. The number of nitrogens with one attached hydrogen (secondary N) is 2. The Kier molecular flexibility index (Phi) is 3.61. The van der Waals surface area contributed by atoms with E-state index in [1.165, 1.54) is 24.1 Å². The van der Waals surface area contributed by atoms with Gasteiger partial charge in [0.25, 0.3) is 0 Å². The lowest BCUT2D eigenvalue weighted by molar-refractivity contribution is -0.120. The van der Waals surface area contributed by atoms with E-state index in [0.717, 1.165) is 43.2 Å². The van der Waals surface area contributed by atoms with Crippen LogP contribution < -0.4 is 10.6 Å². The molecule has 1 aliphatic heterocycles. The second kappa shape index (κ2) is 5.36. The molecule has 2 aliphatic rings. The fourth-order valence-electron chi connectivity index (χ4n) is 2.75. The van der Waals surface area contributed by atoms with Gasteiger partial charge >= 0.3 is 0 Å². The zero-order valence-corrected chi connectivity index (χ0v) is 11.3. The Bertz CT molecular complexity index is 414. The van der Waals surface area contributed by atoms with Crippen LogP contribution in [0.25, 0.3) is 0 Å². The van der Waals surface area contributed by atoms with Crippen LogP contribution in [0.5, 0.6) is 0 Å². The van der Waals surface area contributed by atoms with Crippen molar-refractivity contribution >= 4 is 22.4 Å². The third-order valence-electron chi connectivity index (χ3n) is 3.81. The number of carbonyl (C=O) groups excluding carboxylic acids is 1. The van der Waals surface area contributed by atoms with Crippen LogP contribution in [0.4, 0.5) is 5.13 Å². The topological polar surface area (TPSA) is 54.0 Å².